The SMILES string of the molecule is CCOc1cn(-c2cccs2)nc1C(=O)N/C=C/C=C(\C=NC)OC1=CC=Nc2cc(OC)c(OC)cc2C1. The van der Waals surface area contributed by atoms with Crippen molar-refractivity contribution in [1.29, 1.82) is 0 Å². The van der Waals surface area contributed by atoms with E-state index in [1.807, 2.05) is 36.6 Å². The van der Waals surface area contributed by atoms with Crippen molar-refractivity contribution in [3.63, 3.8) is 0 Å². The Balaban J connectivity index is 1.44. The van der Waals surface area contributed by atoms with Crippen molar-refractivity contribution in [1.82, 2.24) is 15.1 Å². The van der Waals surface area contributed by atoms with Crippen molar-refractivity contribution in [2.45, 2.75) is 13.3 Å². The van der Waals surface area contributed by atoms with Crippen LogP contribution >= 0.6 is 11.3 Å². The topological polar surface area (TPSA) is 109 Å². The molecule has 3 aromatic rings. The minimum absolute atomic E-state index is 0.194. The Morgan fingerprint density at radius 2 is 2.05 bits per heavy atom. The van der Waals surface area contributed by atoms with E-state index >= 15 is 0 Å². The normalized spacial score (nSPS) is 13.2. The Morgan fingerprint density at radius 3 is 2.77 bits per heavy atom. The van der Waals surface area contributed by atoms with Crippen LogP contribution in [0.15, 0.2) is 81.8 Å². The number of benzene rings is 1. The summed E-state index contributed by atoms with van der Waals surface area (Å²) in [5.74, 6) is 2.37. The quantitative estimate of drug-likeness (QED) is 0.205. The maximum atomic E-state index is 12.8. The van der Waals surface area contributed by atoms with Crippen LogP contribution in [0.2, 0.25) is 0 Å². The fourth-order valence-electron chi connectivity index (χ4n) is 3.70. The van der Waals surface area contributed by atoms with E-state index in [0.29, 0.717) is 41.8 Å². The zero-order valence-electron chi connectivity index (χ0n) is 22.1. The number of aromatic nitrogens is 2. The predicted molar refractivity (Wildman–Crippen MR) is 152 cm³/mol. The molecular formula is C28H29N5O5S. The average Bonchev–Trinajstić information content (AvgIpc) is 3.58. The number of nitrogens with one attached hydrogen (secondary N) is 1. The fourth-order valence-corrected chi connectivity index (χ4v) is 4.35. The van der Waals surface area contributed by atoms with Gasteiger partial charge in [-0.1, -0.05) is 0 Å². The Morgan fingerprint density at radius 1 is 1.23 bits per heavy atom. The highest BCUT2D eigenvalue weighted by Crippen LogP contribution is 2.36. The lowest BCUT2D eigenvalue weighted by Gasteiger charge is -2.13. The number of rotatable bonds is 11. The van der Waals surface area contributed by atoms with Crippen molar-refractivity contribution < 1.29 is 23.7 Å². The summed E-state index contributed by atoms with van der Waals surface area (Å²) in [7, 11) is 4.83. The molecule has 0 spiro atoms. The van der Waals surface area contributed by atoms with Crippen LogP contribution in [0.3, 0.4) is 0 Å². The highest BCUT2D eigenvalue weighted by Gasteiger charge is 2.18. The predicted octanol–water partition coefficient (Wildman–Crippen LogP) is 5.04. The lowest BCUT2D eigenvalue weighted by atomic mass is 10.1. The van der Waals surface area contributed by atoms with Crippen molar-refractivity contribution in [2.24, 2.45) is 9.98 Å². The van der Waals surface area contributed by atoms with Crippen LogP contribution in [0.1, 0.15) is 23.0 Å². The highest BCUT2D eigenvalue weighted by atomic mass is 32.1. The molecule has 10 nitrogen and oxygen atoms in total. The number of methoxy groups -OCH3 is 2. The van der Waals surface area contributed by atoms with Crippen molar-refractivity contribution in [2.75, 3.05) is 27.9 Å². The van der Waals surface area contributed by atoms with E-state index in [-0.39, 0.29) is 5.69 Å². The van der Waals surface area contributed by atoms with E-state index in [1.165, 1.54) is 17.5 Å². The highest BCUT2D eigenvalue weighted by molar-refractivity contribution is 7.12. The number of thiophene rings is 1. The summed E-state index contributed by atoms with van der Waals surface area (Å²) in [5.41, 5.74) is 1.89. The lowest BCUT2D eigenvalue weighted by Crippen LogP contribution is -2.18. The molecule has 0 aliphatic carbocycles. The van der Waals surface area contributed by atoms with Crippen LogP contribution in [0.4, 0.5) is 5.69 Å². The fraction of sp³-hybridized carbons (Fsp3) is 0.214. The summed E-state index contributed by atoms with van der Waals surface area (Å²) in [4.78, 5) is 21.4. The molecule has 0 fully saturated rings. The van der Waals surface area contributed by atoms with Gasteiger partial charge in [0.15, 0.2) is 22.9 Å². The number of amides is 1. The molecule has 4 rings (SSSR count). The molecule has 0 unspecified atom stereocenters. The zero-order chi connectivity index (χ0) is 27.6. The number of hydrogen-bond acceptors (Lipinski definition) is 9. The second-order valence-corrected chi connectivity index (χ2v) is 8.91. The van der Waals surface area contributed by atoms with Crippen LogP contribution < -0.4 is 19.5 Å². The summed E-state index contributed by atoms with van der Waals surface area (Å²) in [6.45, 7) is 2.27. The molecule has 11 heteroatoms. The number of allylic oxidation sites excluding steroid dienone is 5. The van der Waals surface area contributed by atoms with Gasteiger partial charge in [-0.15, -0.1) is 11.3 Å². The molecule has 0 saturated heterocycles. The van der Waals surface area contributed by atoms with Gasteiger partial charge < -0.3 is 24.3 Å². The average molecular weight is 548 g/mol. The molecule has 1 amide bonds. The number of carbonyl (C=O) groups is 1. The minimum atomic E-state index is -0.395. The van der Waals surface area contributed by atoms with Gasteiger partial charge in [0.1, 0.15) is 16.5 Å². The van der Waals surface area contributed by atoms with E-state index in [4.69, 9.17) is 18.9 Å². The van der Waals surface area contributed by atoms with Crippen molar-refractivity contribution in [3.05, 3.63) is 83.0 Å². The maximum Gasteiger partial charge on any atom is 0.279 e. The van der Waals surface area contributed by atoms with Crippen LogP contribution in [0.25, 0.3) is 5.00 Å². The molecule has 39 heavy (non-hydrogen) atoms. The molecule has 0 atom stereocenters. The monoisotopic (exact) mass is 547 g/mol. The summed E-state index contributed by atoms with van der Waals surface area (Å²) in [6, 6.07) is 7.55. The van der Waals surface area contributed by atoms with Gasteiger partial charge in [0, 0.05) is 31.9 Å². The van der Waals surface area contributed by atoms with E-state index in [0.717, 1.165) is 16.3 Å². The summed E-state index contributed by atoms with van der Waals surface area (Å²) >= 11 is 1.51. The maximum absolute atomic E-state index is 12.8. The molecule has 0 bridgehead atoms. The molecule has 1 N–H and O–H groups in total. The molecule has 0 saturated carbocycles. The molecule has 1 aliphatic heterocycles. The van der Waals surface area contributed by atoms with Gasteiger partial charge in [0.05, 0.1) is 38.9 Å². The standard InChI is InChI=1S/C28H29N5O5S/c1-5-37-25-18-33(26-9-7-13-39-26)32-27(25)28(34)31-11-6-8-21(17-29-2)38-20-10-12-30-22-16-24(36-4)23(35-3)15-19(22)14-20/h6-13,15-18H,5,14H2,1-4H3,(H,31,34)/b11-6+,21-8+,29-17?. The van der Waals surface area contributed by atoms with E-state index in [2.05, 4.69) is 20.4 Å². The first-order valence-electron chi connectivity index (χ1n) is 12.1. The van der Waals surface area contributed by atoms with E-state index in [1.54, 1.807) is 62.8 Å². The first-order chi connectivity index (χ1) is 19.1. The van der Waals surface area contributed by atoms with Crippen LogP contribution in [-0.4, -0.2) is 56.0 Å². The first-order valence-corrected chi connectivity index (χ1v) is 13.0. The molecular weight excluding hydrogens is 518 g/mol. The zero-order valence-corrected chi connectivity index (χ0v) is 22.9. The van der Waals surface area contributed by atoms with Crippen LogP contribution in [0, 0.1) is 0 Å². The number of nitrogens with zero attached hydrogens (tertiary/aromatic N) is 4. The molecule has 0 radical (unpaired) electrons. The van der Waals surface area contributed by atoms with Gasteiger partial charge in [-0.05, 0) is 54.3 Å². The van der Waals surface area contributed by atoms with E-state index in [9.17, 15) is 4.79 Å². The summed E-state index contributed by atoms with van der Waals surface area (Å²) < 4.78 is 24.2. The van der Waals surface area contributed by atoms with Gasteiger partial charge in [0.2, 0.25) is 0 Å². The number of ether oxygens (including phenoxy) is 4. The second-order valence-electron chi connectivity index (χ2n) is 7.99. The van der Waals surface area contributed by atoms with Gasteiger partial charge in [-0.25, -0.2) is 4.68 Å². The Labute approximate surface area is 230 Å². The number of aliphatic imine (C=N–C) groups is 2. The van der Waals surface area contributed by atoms with Crippen LogP contribution in [-0.2, 0) is 11.2 Å². The molecule has 1 aliphatic rings. The van der Waals surface area contributed by atoms with Gasteiger partial charge in [-0.3, -0.25) is 14.8 Å². The third kappa shape index (κ3) is 6.82. The first kappa shape index (κ1) is 27.4. The third-order valence-corrected chi connectivity index (χ3v) is 6.29. The Bertz CT molecular complexity index is 1450. The lowest BCUT2D eigenvalue weighted by molar-refractivity contribution is 0.0961. The Kier molecular flexibility index (Phi) is 9.30. The van der Waals surface area contributed by atoms with Gasteiger partial charge in [0.25, 0.3) is 5.91 Å². The molecule has 3 heterocycles. The number of fused-ring (bicyclic) bond motifs is 1. The minimum Gasteiger partial charge on any atom is -0.493 e. The van der Waals surface area contributed by atoms with E-state index < -0.39 is 5.91 Å². The smallest absolute Gasteiger partial charge is 0.279 e. The number of hydrogen-bond donors (Lipinski definition) is 1. The molecule has 202 valence electrons. The number of carbonyl (C=O) groups excluding carboxylic acids is 1. The second kappa shape index (κ2) is 13.2. The third-order valence-electron chi connectivity index (χ3n) is 5.43. The molecule has 1 aromatic carbocycles. The van der Waals surface area contributed by atoms with Crippen molar-refractivity contribution in [3.8, 4) is 22.2 Å². The van der Waals surface area contributed by atoms with Crippen molar-refractivity contribution >= 4 is 35.4 Å². The van der Waals surface area contributed by atoms with Gasteiger partial charge in [-0.2, -0.15) is 5.10 Å². The largest absolute Gasteiger partial charge is 0.493 e. The van der Waals surface area contributed by atoms with Gasteiger partial charge >= 0.3 is 0 Å². The molecule has 2 aromatic heterocycles. The summed E-state index contributed by atoms with van der Waals surface area (Å²) in [6.07, 6.45) is 12.1. The Hall–Kier alpha value is -4.64. The summed E-state index contributed by atoms with van der Waals surface area (Å²) in [5, 5.41) is 9.95. The van der Waals surface area contributed by atoms with Crippen LogP contribution in [0.5, 0.6) is 17.2 Å².